The molecule has 0 N–H and O–H groups in total. The number of hydrogen-bond donors (Lipinski definition) is 0. The summed E-state index contributed by atoms with van der Waals surface area (Å²) in [5.74, 6) is -2.63. The van der Waals surface area contributed by atoms with E-state index in [2.05, 4.69) is 0 Å². The van der Waals surface area contributed by atoms with E-state index >= 15 is 0 Å². The van der Waals surface area contributed by atoms with Crippen LogP contribution in [-0.4, -0.2) is 41.1 Å². The van der Waals surface area contributed by atoms with Crippen molar-refractivity contribution >= 4 is 35.2 Å². The minimum Gasteiger partial charge on any atom is -0.456 e. The number of esters is 1. The summed E-state index contributed by atoms with van der Waals surface area (Å²) in [4.78, 5) is 52.2. The second-order valence-electron chi connectivity index (χ2n) is 8.27. The molecule has 2 amide bonds. The molecular weight excluding hydrogens is 394 g/mol. The minimum atomic E-state index is -1.03. The van der Waals surface area contributed by atoms with Gasteiger partial charge in [0.15, 0.2) is 12.4 Å². The van der Waals surface area contributed by atoms with Gasteiger partial charge in [0.1, 0.15) is 6.04 Å². The number of halogens is 1. The molecule has 1 aromatic carbocycles. The number of Topliss-reactive ketones (excluding diaryl/α,β-unsaturated/α-hetero) is 1. The van der Waals surface area contributed by atoms with E-state index in [0.29, 0.717) is 10.6 Å². The molecule has 29 heavy (non-hydrogen) atoms. The number of carbonyl (C=O) groups excluding carboxylic acids is 4. The zero-order valence-electron chi connectivity index (χ0n) is 16.2. The van der Waals surface area contributed by atoms with Gasteiger partial charge in [-0.2, -0.15) is 0 Å². The van der Waals surface area contributed by atoms with Crippen LogP contribution in [0.4, 0.5) is 0 Å². The quantitative estimate of drug-likeness (QED) is 0.309. The van der Waals surface area contributed by atoms with Crippen molar-refractivity contribution in [2.45, 2.75) is 26.3 Å². The Labute approximate surface area is 173 Å². The van der Waals surface area contributed by atoms with Crippen molar-refractivity contribution in [1.29, 1.82) is 0 Å². The largest absolute Gasteiger partial charge is 0.456 e. The summed E-state index contributed by atoms with van der Waals surface area (Å²) in [6.07, 6.45) is 4.84. The number of ether oxygens (including phenoxy) is 1. The van der Waals surface area contributed by atoms with Crippen LogP contribution in [0.25, 0.3) is 0 Å². The summed E-state index contributed by atoms with van der Waals surface area (Å²) in [6, 6.07) is 5.23. The lowest BCUT2D eigenvalue weighted by atomic mass is 9.85. The van der Waals surface area contributed by atoms with Gasteiger partial charge < -0.3 is 4.74 Å². The molecule has 5 atom stereocenters. The second-order valence-corrected chi connectivity index (χ2v) is 8.71. The standard InChI is InChI=1S/C22H22ClNO5/c1-11(2)19(22(28)29-10-16(25)12-5-7-15(23)8-6-12)24-20(26)17-13-3-4-14(9-13)18(17)21(24)27/h3-8,11,13-14,17-19H,9-10H2,1-2H3. The van der Waals surface area contributed by atoms with E-state index in [0.717, 1.165) is 11.3 Å². The van der Waals surface area contributed by atoms with Crippen LogP contribution in [0.2, 0.25) is 5.02 Å². The first kappa shape index (κ1) is 19.8. The van der Waals surface area contributed by atoms with Gasteiger partial charge in [-0.1, -0.05) is 37.6 Å². The maximum atomic E-state index is 13.0. The summed E-state index contributed by atoms with van der Waals surface area (Å²) in [7, 11) is 0. The Morgan fingerprint density at radius 3 is 2.14 bits per heavy atom. The highest BCUT2D eigenvalue weighted by Gasteiger charge is 2.61. The fourth-order valence-electron chi connectivity index (χ4n) is 4.82. The van der Waals surface area contributed by atoms with Gasteiger partial charge in [-0.15, -0.1) is 0 Å². The van der Waals surface area contributed by atoms with E-state index in [1.165, 1.54) is 0 Å². The average molecular weight is 416 g/mol. The number of benzene rings is 1. The first-order valence-electron chi connectivity index (χ1n) is 9.80. The summed E-state index contributed by atoms with van der Waals surface area (Å²) in [6.45, 7) is 3.06. The molecule has 6 nitrogen and oxygen atoms in total. The van der Waals surface area contributed by atoms with Crippen molar-refractivity contribution in [3.63, 3.8) is 0 Å². The maximum absolute atomic E-state index is 13.0. The van der Waals surface area contributed by atoms with E-state index in [-0.39, 0.29) is 47.2 Å². The summed E-state index contributed by atoms with van der Waals surface area (Å²) in [5, 5.41) is 0.499. The van der Waals surface area contributed by atoms with E-state index < -0.39 is 18.6 Å². The maximum Gasteiger partial charge on any atom is 0.330 e. The van der Waals surface area contributed by atoms with Gasteiger partial charge in [-0.3, -0.25) is 19.3 Å². The number of ketones is 1. The van der Waals surface area contributed by atoms with E-state index in [4.69, 9.17) is 16.3 Å². The van der Waals surface area contributed by atoms with E-state index in [1.54, 1.807) is 38.1 Å². The number of fused-ring (bicyclic) bond motifs is 5. The van der Waals surface area contributed by atoms with Gasteiger partial charge >= 0.3 is 5.97 Å². The molecule has 2 aliphatic carbocycles. The lowest BCUT2D eigenvalue weighted by Crippen LogP contribution is -2.50. The molecule has 3 aliphatic rings. The number of rotatable bonds is 6. The van der Waals surface area contributed by atoms with Gasteiger partial charge in [-0.05, 0) is 48.4 Å². The number of likely N-dealkylation sites (tertiary alicyclic amines) is 1. The Kier molecular flexibility index (Phi) is 5.07. The molecule has 4 rings (SSSR count). The molecule has 1 saturated heterocycles. The second kappa shape index (κ2) is 7.41. The van der Waals surface area contributed by atoms with E-state index in [1.807, 2.05) is 12.2 Å². The molecule has 0 radical (unpaired) electrons. The predicted molar refractivity (Wildman–Crippen MR) is 105 cm³/mol. The molecule has 152 valence electrons. The SMILES string of the molecule is CC(C)C(C(=O)OCC(=O)c1ccc(Cl)cc1)N1C(=O)C2C3C=CC(C3)C2C1=O. The molecule has 2 fully saturated rings. The first-order valence-corrected chi connectivity index (χ1v) is 10.2. The predicted octanol–water partition coefficient (Wildman–Crippen LogP) is 2.90. The zero-order valence-corrected chi connectivity index (χ0v) is 17.0. The first-order chi connectivity index (χ1) is 13.8. The van der Waals surface area contributed by atoms with Crippen molar-refractivity contribution in [2.75, 3.05) is 6.61 Å². The molecule has 0 spiro atoms. The molecule has 0 aromatic heterocycles. The van der Waals surface area contributed by atoms with Gasteiger partial charge in [0, 0.05) is 10.6 Å². The summed E-state index contributed by atoms with van der Waals surface area (Å²) in [5.41, 5.74) is 0.369. The molecule has 1 aromatic rings. The van der Waals surface area contributed by atoms with Gasteiger partial charge in [0.2, 0.25) is 11.8 Å². The lowest BCUT2D eigenvalue weighted by molar-refractivity contribution is -0.160. The fraction of sp³-hybridized carbons (Fsp3) is 0.455. The van der Waals surface area contributed by atoms with Crippen molar-refractivity contribution in [3.8, 4) is 0 Å². The zero-order chi connectivity index (χ0) is 20.9. The molecule has 1 heterocycles. The van der Waals surface area contributed by atoms with Crippen LogP contribution in [0.3, 0.4) is 0 Å². The van der Waals surface area contributed by atoms with Crippen molar-refractivity contribution in [1.82, 2.24) is 4.90 Å². The van der Waals surface area contributed by atoms with Crippen LogP contribution in [-0.2, 0) is 19.1 Å². The number of carbonyl (C=O) groups is 4. The molecule has 5 unspecified atom stereocenters. The van der Waals surface area contributed by atoms with Crippen molar-refractivity contribution in [3.05, 3.63) is 47.0 Å². The third kappa shape index (κ3) is 3.29. The third-order valence-electron chi connectivity index (χ3n) is 6.17. The summed E-state index contributed by atoms with van der Waals surface area (Å²) >= 11 is 5.81. The van der Waals surface area contributed by atoms with Crippen LogP contribution >= 0.6 is 11.6 Å². The normalized spacial score (nSPS) is 28.2. The monoisotopic (exact) mass is 415 g/mol. The van der Waals surface area contributed by atoms with Gasteiger partial charge in [-0.25, -0.2) is 4.79 Å². The minimum absolute atomic E-state index is 0.0711. The van der Waals surface area contributed by atoms with Gasteiger partial charge in [0.05, 0.1) is 11.8 Å². The Hall–Kier alpha value is -2.47. The summed E-state index contributed by atoms with van der Waals surface area (Å²) < 4.78 is 5.23. The van der Waals surface area contributed by atoms with Gasteiger partial charge in [0.25, 0.3) is 0 Å². The third-order valence-corrected chi connectivity index (χ3v) is 6.42. The van der Waals surface area contributed by atoms with Crippen LogP contribution in [0, 0.1) is 29.6 Å². The Bertz CT molecular complexity index is 876. The number of nitrogens with zero attached hydrogens (tertiary/aromatic N) is 1. The Morgan fingerprint density at radius 1 is 1.07 bits per heavy atom. The number of amides is 2. The molecule has 1 aliphatic heterocycles. The Morgan fingerprint density at radius 2 is 1.62 bits per heavy atom. The molecule has 1 saturated carbocycles. The van der Waals surface area contributed by atoms with Crippen molar-refractivity contribution < 1.29 is 23.9 Å². The topological polar surface area (TPSA) is 80.8 Å². The van der Waals surface area contributed by atoms with E-state index in [9.17, 15) is 19.2 Å². The lowest BCUT2D eigenvalue weighted by Gasteiger charge is -2.28. The van der Waals surface area contributed by atoms with Crippen LogP contribution in [0.1, 0.15) is 30.6 Å². The number of allylic oxidation sites excluding steroid dienone is 2. The highest BCUT2D eigenvalue weighted by molar-refractivity contribution is 6.30. The number of imide groups is 1. The highest BCUT2D eigenvalue weighted by Crippen LogP contribution is 2.53. The number of hydrogen-bond acceptors (Lipinski definition) is 5. The fourth-order valence-corrected chi connectivity index (χ4v) is 4.94. The molecular formula is C22H22ClNO5. The van der Waals surface area contributed by atoms with Crippen molar-refractivity contribution in [2.24, 2.45) is 29.6 Å². The Balaban J connectivity index is 1.47. The van der Waals surface area contributed by atoms with Crippen LogP contribution < -0.4 is 0 Å². The average Bonchev–Trinajstić information content (AvgIpc) is 3.36. The van der Waals surface area contributed by atoms with Crippen LogP contribution in [0.15, 0.2) is 36.4 Å². The smallest absolute Gasteiger partial charge is 0.330 e. The highest BCUT2D eigenvalue weighted by atomic mass is 35.5. The molecule has 7 heteroatoms. The van der Waals surface area contributed by atoms with Crippen LogP contribution in [0.5, 0.6) is 0 Å². The molecule has 2 bridgehead atoms.